The molecule has 2 aromatic rings. The van der Waals surface area contributed by atoms with Crippen molar-refractivity contribution in [1.82, 2.24) is 10.3 Å². The highest BCUT2D eigenvalue weighted by atomic mass is 19.1. The summed E-state index contributed by atoms with van der Waals surface area (Å²) < 4.78 is 27.2. The van der Waals surface area contributed by atoms with Crippen LogP contribution in [0.1, 0.15) is 34.7 Å². The van der Waals surface area contributed by atoms with E-state index in [0.717, 1.165) is 18.9 Å². The second-order valence-corrected chi connectivity index (χ2v) is 7.04. The third kappa shape index (κ3) is 4.53. The Bertz CT molecular complexity index is 1030. The number of benzene rings is 1. The Hall–Kier alpha value is -3.42. The average molecular weight is 396 g/mol. The van der Waals surface area contributed by atoms with Crippen molar-refractivity contribution in [1.29, 1.82) is 0 Å². The van der Waals surface area contributed by atoms with Crippen LogP contribution in [0.4, 0.5) is 14.6 Å². The molecule has 1 atom stereocenters. The highest BCUT2D eigenvalue weighted by Crippen LogP contribution is 2.30. The van der Waals surface area contributed by atoms with Crippen molar-refractivity contribution in [2.24, 2.45) is 10.9 Å². The summed E-state index contributed by atoms with van der Waals surface area (Å²) in [6.07, 6.45) is 6.35. The van der Waals surface area contributed by atoms with Gasteiger partial charge in [0.05, 0.1) is 5.70 Å². The van der Waals surface area contributed by atoms with Crippen LogP contribution in [0.3, 0.4) is 0 Å². The van der Waals surface area contributed by atoms with Gasteiger partial charge in [-0.3, -0.25) is 14.6 Å². The van der Waals surface area contributed by atoms with E-state index in [9.17, 15) is 18.4 Å². The monoisotopic (exact) mass is 396 g/mol. The van der Waals surface area contributed by atoms with Crippen molar-refractivity contribution < 1.29 is 18.4 Å². The minimum absolute atomic E-state index is 0.0293. The molecule has 0 radical (unpaired) electrons. The maximum Gasteiger partial charge on any atom is 0.255 e. The largest absolute Gasteiger partial charge is 0.321 e. The Morgan fingerprint density at radius 3 is 2.66 bits per heavy atom. The molecule has 1 aromatic heterocycles. The zero-order valence-electron chi connectivity index (χ0n) is 15.4. The third-order valence-electron chi connectivity index (χ3n) is 4.75. The van der Waals surface area contributed by atoms with Crippen LogP contribution in [-0.2, 0) is 4.79 Å². The maximum atomic E-state index is 14.0. The lowest BCUT2D eigenvalue weighted by Gasteiger charge is -2.18. The van der Waals surface area contributed by atoms with E-state index in [4.69, 9.17) is 0 Å². The summed E-state index contributed by atoms with van der Waals surface area (Å²) in [5.74, 6) is -1.88. The number of rotatable bonds is 5. The van der Waals surface area contributed by atoms with Crippen LogP contribution >= 0.6 is 0 Å². The number of hydrogen-bond donors (Lipinski definition) is 2. The smallest absolute Gasteiger partial charge is 0.255 e. The van der Waals surface area contributed by atoms with Gasteiger partial charge in [0.1, 0.15) is 17.5 Å². The summed E-state index contributed by atoms with van der Waals surface area (Å²) in [5.41, 5.74) is 1.04. The molecule has 2 heterocycles. The van der Waals surface area contributed by atoms with Crippen molar-refractivity contribution in [2.75, 3.05) is 11.9 Å². The Kier molecular flexibility index (Phi) is 5.16. The molecule has 4 rings (SSSR count). The maximum absolute atomic E-state index is 14.0. The van der Waals surface area contributed by atoms with E-state index in [0.29, 0.717) is 29.2 Å². The fraction of sp³-hybridized carbons (Fsp3) is 0.238. The number of dihydropyridines is 1. The second-order valence-electron chi connectivity index (χ2n) is 7.04. The summed E-state index contributed by atoms with van der Waals surface area (Å²) in [5, 5.41) is 5.42. The molecule has 1 aliphatic heterocycles. The van der Waals surface area contributed by atoms with Crippen LogP contribution in [-0.4, -0.2) is 29.6 Å². The molecular formula is C21H18F2N4O2. The number of aromatic nitrogens is 1. The van der Waals surface area contributed by atoms with Gasteiger partial charge in [-0.1, -0.05) is 6.07 Å². The number of hydrogen-bond acceptors (Lipinski definition) is 4. The molecule has 0 bridgehead atoms. The number of pyridine rings is 1. The van der Waals surface area contributed by atoms with E-state index in [1.54, 1.807) is 6.08 Å². The minimum atomic E-state index is -0.654. The summed E-state index contributed by atoms with van der Waals surface area (Å²) in [6.45, 7) is 0.300. The normalized spacial score (nSPS) is 18.1. The lowest BCUT2D eigenvalue weighted by molar-refractivity contribution is -0.117. The van der Waals surface area contributed by atoms with Crippen LogP contribution in [0, 0.1) is 17.6 Å². The SMILES string of the molecule is O=C(NC1=CC(c2ccc(F)cc2F)CN=C1)c1ccnc(NC(=O)C2CC2)c1. The molecule has 0 spiro atoms. The third-order valence-corrected chi connectivity index (χ3v) is 4.75. The summed E-state index contributed by atoms with van der Waals surface area (Å²) in [7, 11) is 0. The minimum Gasteiger partial charge on any atom is -0.321 e. The standard InChI is InChI=1S/C21H18F2N4O2/c22-15-3-4-17(18(23)9-15)14-7-16(11-24-10-14)26-21(29)13-5-6-25-19(8-13)27-20(28)12-1-2-12/h3-9,11-12,14H,1-2,10H2,(H,26,29)(H,25,27,28). The summed E-state index contributed by atoms with van der Waals surface area (Å²) >= 11 is 0. The summed E-state index contributed by atoms with van der Waals surface area (Å²) in [4.78, 5) is 32.7. The van der Waals surface area contributed by atoms with Crippen LogP contribution in [0.5, 0.6) is 0 Å². The average Bonchev–Trinajstić information content (AvgIpc) is 3.54. The van der Waals surface area contributed by atoms with Gasteiger partial charge in [0.15, 0.2) is 0 Å². The van der Waals surface area contributed by atoms with Gasteiger partial charge in [-0.2, -0.15) is 0 Å². The number of amides is 2. The van der Waals surface area contributed by atoms with Crippen molar-refractivity contribution in [3.63, 3.8) is 0 Å². The number of carbonyl (C=O) groups is 2. The first-order valence-corrected chi connectivity index (χ1v) is 9.24. The predicted molar refractivity (Wildman–Crippen MR) is 104 cm³/mol. The molecule has 2 N–H and O–H groups in total. The van der Waals surface area contributed by atoms with Gasteiger partial charge >= 0.3 is 0 Å². The van der Waals surface area contributed by atoms with Gasteiger partial charge in [-0.15, -0.1) is 0 Å². The molecule has 2 aliphatic rings. The van der Waals surface area contributed by atoms with E-state index >= 15 is 0 Å². The summed E-state index contributed by atoms with van der Waals surface area (Å²) in [6, 6.07) is 6.42. The molecule has 29 heavy (non-hydrogen) atoms. The number of aliphatic imine (C=N–C) groups is 1. The molecule has 0 saturated heterocycles. The van der Waals surface area contributed by atoms with Gasteiger partial charge in [-0.05, 0) is 42.7 Å². The fourth-order valence-corrected chi connectivity index (χ4v) is 3.06. The number of halogens is 2. The highest BCUT2D eigenvalue weighted by Gasteiger charge is 2.29. The Balaban J connectivity index is 1.46. The van der Waals surface area contributed by atoms with Crippen molar-refractivity contribution >= 4 is 23.8 Å². The number of anilines is 1. The van der Waals surface area contributed by atoms with Gasteiger partial charge in [0.2, 0.25) is 5.91 Å². The lowest BCUT2D eigenvalue weighted by atomic mass is 9.96. The van der Waals surface area contributed by atoms with Crippen molar-refractivity contribution in [3.8, 4) is 0 Å². The molecule has 1 aliphatic carbocycles. The van der Waals surface area contributed by atoms with E-state index in [2.05, 4.69) is 20.6 Å². The zero-order chi connectivity index (χ0) is 20.4. The van der Waals surface area contributed by atoms with E-state index in [1.165, 1.54) is 36.7 Å². The first kappa shape index (κ1) is 18.9. The lowest BCUT2D eigenvalue weighted by Crippen LogP contribution is -2.26. The number of nitrogens with one attached hydrogen (secondary N) is 2. The first-order chi connectivity index (χ1) is 14.0. The molecule has 1 fully saturated rings. The molecular weight excluding hydrogens is 378 g/mol. The quantitative estimate of drug-likeness (QED) is 0.814. The van der Waals surface area contributed by atoms with Crippen molar-refractivity contribution in [2.45, 2.75) is 18.8 Å². The Morgan fingerprint density at radius 1 is 1.07 bits per heavy atom. The number of carbonyl (C=O) groups excluding carboxylic acids is 2. The van der Waals surface area contributed by atoms with E-state index < -0.39 is 23.5 Å². The van der Waals surface area contributed by atoms with Crippen LogP contribution in [0.2, 0.25) is 0 Å². The molecule has 6 nitrogen and oxygen atoms in total. The van der Waals surface area contributed by atoms with Gasteiger partial charge in [0, 0.05) is 42.4 Å². The number of allylic oxidation sites excluding steroid dienone is 1. The molecule has 8 heteroatoms. The Morgan fingerprint density at radius 2 is 1.90 bits per heavy atom. The topological polar surface area (TPSA) is 83.4 Å². The van der Waals surface area contributed by atoms with Crippen LogP contribution in [0.15, 0.2) is 53.3 Å². The molecule has 148 valence electrons. The van der Waals surface area contributed by atoms with E-state index in [-0.39, 0.29) is 11.8 Å². The molecule has 2 amide bonds. The van der Waals surface area contributed by atoms with Gasteiger partial charge < -0.3 is 10.6 Å². The van der Waals surface area contributed by atoms with Crippen LogP contribution < -0.4 is 10.6 Å². The van der Waals surface area contributed by atoms with E-state index in [1.807, 2.05) is 0 Å². The highest BCUT2D eigenvalue weighted by molar-refractivity contribution is 6.00. The van der Waals surface area contributed by atoms with Crippen molar-refractivity contribution in [3.05, 3.63) is 71.1 Å². The fourth-order valence-electron chi connectivity index (χ4n) is 3.06. The van der Waals surface area contributed by atoms with Crippen LogP contribution in [0.25, 0.3) is 0 Å². The predicted octanol–water partition coefficient (Wildman–Crippen LogP) is 3.19. The number of nitrogens with zero attached hydrogens (tertiary/aromatic N) is 2. The zero-order valence-corrected chi connectivity index (χ0v) is 15.4. The molecule has 1 saturated carbocycles. The molecule has 1 unspecified atom stereocenters. The Labute approximate surface area is 165 Å². The second kappa shape index (κ2) is 7.90. The molecule has 1 aromatic carbocycles. The van der Waals surface area contributed by atoms with Gasteiger partial charge in [-0.25, -0.2) is 13.8 Å². The first-order valence-electron chi connectivity index (χ1n) is 9.24. The van der Waals surface area contributed by atoms with Gasteiger partial charge in [0.25, 0.3) is 5.91 Å².